The van der Waals surface area contributed by atoms with Crippen LogP contribution in [0.1, 0.15) is 11.6 Å². The molecule has 1 unspecified atom stereocenters. The van der Waals surface area contributed by atoms with Crippen LogP contribution in [0, 0.1) is 11.6 Å². The van der Waals surface area contributed by atoms with Gasteiger partial charge >= 0.3 is 5.97 Å². The van der Waals surface area contributed by atoms with Gasteiger partial charge in [0, 0.05) is 11.6 Å². The Morgan fingerprint density at radius 3 is 2.28 bits per heavy atom. The van der Waals surface area contributed by atoms with E-state index in [9.17, 15) is 13.6 Å². The van der Waals surface area contributed by atoms with Crippen molar-refractivity contribution in [3.05, 3.63) is 29.3 Å². The fourth-order valence-electron chi connectivity index (χ4n) is 1.64. The quantitative estimate of drug-likeness (QED) is 0.772. The number of carbonyl (C=O) groups is 1. The number of carbonyl (C=O) groups excluding carboxylic acids is 1. The second-order valence-corrected chi connectivity index (χ2v) is 3.90. The molecule has 0 aliphatic heterocycles. The van der Waals surface area contributed by atoms with Crippen molar-refractivity contribution >= 4 is 5.97 Å². The highest BCUT2D eigenvalue weighted by Crippen LogP contribution is 2.28. The molecule has 0 aliphatic rings. The monoisotopic (exact) mass is 259 g/mol. The molecule has 0 N–H and O–H groups in total. The summed E-state index contributed by atoms with van der Waals surface area (Å²) in [6.45, 7) is 0. The summed E-state index contributed by atoms with van der Waals surface area (Å²) in [5.74, 6) is -2.33. The van der Waals surface area contributed by atoms with Crippen LogP contribution in [0.25, 0.3) is 0 Å². The number of esters is 1. The lowest BCUT2D eigenvalue weighted by molar-refractivity contribution is -0.146. The van der Waals surface area contributed by atoms with Crippen LogP contribution in [0.5, 0.6) is 5.75 Å². The van der Waals surface area contributed by atoms with E-state index >= 15 is 0 Å². The van der Waals surface area contributed by atoms with E-state index < -0.39 is 23.6 Å². The molecule has 0 amide bonds. The maximum Gasteiger partial charge on any atom is 0.327 e. The van der Waals surface area contributed by atoms with Crippen LogP contribution in [-0.4, -0.2) is 39.2 Å². The van der Waals surface area contributed by atoms with Gasteiger partial charge in [0.1, 0.15) is 11.9 Å². The first-order valence-corrected chi connectivity index (χ1v) is 5.19. The second kappa shape index (κ2) is 5.77. The second-order valence-electron chi connectivity index (χ2n) is 3.90. The lowest BCUT2D eigenvalue weighted by Crippen LogP contribution is -2.29. The number of ether oxygens (including phenoxy) is 2. The first-order chi connectivity index (χ1) is 8.42. The van der Waals surface area contributed by atoms with E-state index in [-0.39, 0.29) is 11.3 Å². The van der Waals surface area contributed by atoms with Gasteiger partial charge in [-0.25, -0.2) is 13.6 Å². The summed E-state index contributed by atoms with van der Waals surface area (Å²) in [5, 5.41) is 0. The topological polar surface area (TPSA) is 38.8 Å². The summed E-state index contributed by atoms with van der Waals surface area (Å²) in [7, 11) is 5.57. The van der Waals surface area contributed by atoms with Gasteiger partial charge in [0.25, 0.3) is 0 Å². The first kappa shape index (κ1) is 14.4. The molecule has 0 saturated heterocycles. The van der Waals surface area contributed by atoms with Crippen LogP contribution in [-0.2, 0) is 9.53 Å². The molecular weight excluding hydrogens is 244 g/mol. The highest BCUT2D eigenvalue weighted by Gasteiger charge is 2.28. The molecule has 1 aromatic carbocycles. The predicted octanol–water partition coefficient (Wildman–Crippen LogP) is 1.75. The average molecular weight is 259 g/mol. The van der Waals surface area contributed by atoms with Gasteiger partial charge in [0.2, 0.25) is 0 Å². The fourth-order valence-corrected chi connectivity index (χ4v) is 1.64. The number of methoxy groups -OCH3 is 2. The molecule has 18 heavy (non-hydrogen) atoms. The Hall–Kier alpha value is -1.69. The van der Waals surface area contributed by atoms with E-state index in [1.165, 1.54) is 19.1 Å². The summed E-state index contributed by atoms with van der Waals surface area (Å²) in [5.41, 5.74) is -0.0925. The van der Waals surface area contributed by atoms with Gasteiger partial charge in [0.15, 0.2) is 11.6 Å². The molecule has 1 rings (SSSR count). The molecule has 6 heteroatoms. The highest BCUT2D eigenvalue weighted by atomic mass is 19.1. The largest absolute Gasteiger partial charge is 0.494 e. The average Bonchev–Trinajstić information content (AvgIpc) is 2.32. The van der Waals surface area contributed by atoms with Gasteiger partial charge in [-0.1, -0.05) is 0 Å². The Balaban J connectivity index is 3.29. The number of nitrogens with zero attached hydrogens (tertiary/aromatic N) is 1. The van der Waals surface area contributed by atoms with Crippen LogP contribution in [0.15, 0.2) is 12.1 Å². The Labute approximate surface area is 104 Å². The van der Waals surface area contributed by atoms with Crippen molar-refractivity contribution in [3.63, 3.8) is 0 Å². The van der Waals surface area contributed by atoms with Crippen LogP contribution in [0.3, 0.4) is 0 Å². The number of rotatable bonds is 4. The van der Waals surface area contributed by atoms with Gasteiger partial charge in [-0.15, -0.1) is 0 Å². The van der Waals surface area contributed by atoms with E-state index in [4.69, 9.17) is 0 Å². The molecule has 1 aromatic rings. The van der Waals surface area contributed by atoms with Gasteiger partial charge in [-0.05, 0) is 20.2 Å². The van der Waals surface area contributed by atoms with Crippen LogP contribution >= 0.6 is 0 Å². The molecule has 1 atom stereocenters. The minimum atomic E-state index is -1.00. The van der Waals surface area contributed by atoms with Gasteiger partial charge in [-0.3, -0.25) is 4.90 Å². The van der Waals surface area contributed by atoms with E-state index in [1.807, 2.05) is 0 Å². The molecule has 0 aromatic heterocycles. The molecule has 0 heterocycles. The smallest absolute Gasteiger partial charge is 0.327 e. The molecule has 100 valence electrons. The normalized spacial score (nSPS) is 12.4. The van der Waals surface area contributed by atoms with Crippen molar-refractivity contribution in [2.24, 2.45) is 0 Å². The van der Waals surface area contributed by atoms with E-state index in [0.717, 1.165) is 12.1 Å². The Morgan fingerprint density at radius 2 is 1.83 bits per heavy atom. The number of halogens is 2. The summed E-state index contributed by atoms with van der Waals surface area (Å²) >= 11 is 0. The minimum absolute atomic E-state index is 0.0925. The Morgan fingerprint density at radius 1 is 1.22 bits per heavy atom. The molecular formula is C12H15F2NO3. The zero-order valence-corrected chi connectivity index (χ0v) is 10.7. The number of hydrogen-bond acceptors (Lipinski definition) is 4. The third kappa shape index (κ3) is 2.76. The highest BCUT2D eigenvalue weighted by molar-refractivity contribution is 5.77. The molecule has 0 radical (unpaired) electrons. The van der Waals surface area contributed by atoms with E-state index in [0.29, 0.717) is 0 Å². The number of benzene rings is 1. The predicted molar refractivity (Wildman–Crippen MR) is 61.4 cm³/mol. The fraction of sp³-hybridized carbons (Fsp3) is 0.417. The third-order valence-corrected chi connectivity index (χ3v) is 2.51. The van der Waals surface area contributed by atoms with Crippen molar-refractivity contribution in [2.75, 3.05) is 28.3 Å². The molecule has 0 spiro atoms. The van der Waals surface area contributed by atoms with Gasteiger partial charge in [0.05, 0.1) is 14.2 Å². The summed E-state index contributed by atoms with van der Waals surface area (Å²) in [6.07, 6.45) is 0. The SMILES string of the molecule is COC(=O)C(c1cc(F)c(OC)cc1F)N(C)C. The van der Waals surface area contributed by atoms with Crippen molar-refractivity contribution < 1.29 is 23.0 Å². The van der Waals surface area contributed by atoms with Crippen molar-refractivity contribution in [3.8, 4) is 5.75 Å². The Kier molecular flexibility index (Phi) is 4.61. The minimum Gasteiger partial charge on any atom is -0.494 e. The van der Waals surface area contributed by atoms with Gasteiger partial charge < -0.3 is 9.47 Å². The zero-order valence-electron chi connectivity index (χ0n) is 10.7. The molecule has 0 saturated carbocycles. The summed E-state index contributed by atoms with van der Waals surface area (Å²) in [4.78, 5) is 13.0. The zero-order chi connectivity index (χ0) is 13.9. The lowest BCUT2D eigenvalue weighted by atomic mass is 10.0. The van der Waals surface area contributed by atoms with Crippen molar-refractivity contribution in [2.45, 2.75) is 6.04 Å². The van der Waals surface area contributed by atoms with Crippen LogP contribution < -0.4 is 4.74 Å². The maximum absolute atomic E-state index is 13.8. The maximum atomic E-state index is 13.8. The number of likely N-dealkylation sites (N-methyl/N-ethyl adjacent to an activating group) is 1. The van der Waals surface area contributed by atoms with Crippen molar-refractivity contribution in [1.82, 2.24) is 4.90 Å². The Bertz CT molecular complexity index is 449. The lowest BCUT2D eigenvalue weighted by Gasteiger charge is -2.22. The van der Waals surface area contributed by atoms with Gasteiger partial charge in [-0.2, -0.15) is 0 Å². The van der Waals surface area contributed by atoms with E-state index in [2.05, 4.69) is 9.47 Å². The van der Waals surface area contributed by atoms with Crippen LogP contribution in [0.2, 0.25) is 0 Å². The van der Waals surface area contributed by atoms with Crippen molar-refractivity contribution in [1.29, 1.82) is 0 Å². The standard InChI is InChI=1S/C12H15F2NO3/c1-15(2)11(12(16)18-4)7-5-9(14)10(17-3)6-8(7)13/h5-6,11H,1-4H3. The number of hydrogen-bond donors (Lipinski definition) is 0. The third-order valence-electron chi connectivity index (χ3n) is 2.51. The molecule has 4 nitrogen and oxygen atoms in total. The van der Waals surface area contributed by atoms with Crippen LogP contribution in [0.4, 0.5) is 8.78 Å². The molecule has 0 aliphatic carbocycles. The summed E-state index contributed by atoms with van der Waals surface area (Å²) < 4.78 is 36.6. The first-order valence-electron chi connectivity index (χ1n) is 5.19. The molecule has 0 bridgehead atoms. The summed E-state index contributed by atoms with van der Waals surface area (Å²) in [6, 6.07) is 0.843. The van der Waals surface area contributed by atoms with E-state index in [1.54, 1.807) is 14.1 Å². The molecule has 0 fully saturated rings.